The van der Waals surface area contributed by atoms with Crippen LogP contribution in [0.5, 0.6) is 5.75 Å². The first-order valence-corrected chi connectivity index (χ1v) is 9.67. The van der Waals surface area contributed by atoms with Crippen LogP contribution in [0.2, 0.25) is 5.02 Å². The fourth-order valence-corrected chi connectivity index (χ4v) is 3.43. The molecule has 2 aromatic carbocycles. The summed E-state index contributed by atoms with van der Waals surface area (Å²) in [5.41, 5.74) is 1.94. The predicted octanol–water partition coefficient (Wildman–Crippen LogP) is 3.37. The highest BCUT2D eigenvalue weighted by Gasteiger charge is 2.21. The van der Waals surface area contributed by atoms with Crippen molar-refractivity contribution in [2.24, 2.45) is 0 Å². The van der Waals surface area contributed by atoms with Crippen molar-refractivity contribution in [2.75, 3.05) is 49.5 Å². The van der Waals surface area contributed by atoms with Gasteiger partial charge in [0, 0.05) is 31.2 Å². The summed E-state index contributed by atoms with van der Waals surface area (Å²) in [4.78, 5) is 16.8. The Balaban J connectivity index is 1.56. The lowest BCUT2D eigenvalue weighted by Crippen LogP contribution is -2.48. The van der Waals surface area contributed by atoms with Gasteiger partial charge >= 0.3 is 0 Å². The number of carbonyl (C=O) groups excluding carboxylic acids is 1. The van der Waals surface area contributed by atoms with E-state index in [1.165, 1.54) is 0 Å². The normalized spacial score (nSPS) is 14.4. The van der Waals surface area contributed by atoms with Crippen molar-refractivity contribution in [2.45, 2.75) is 6.92 Å². The second kappa shape index (κ2) is 9.45. The minimum atomic E-state index is -0.151. The second-order valence-corrected chi connectivity index (χ2v) is 6.95. The van der Waals surface area contributed by atoms with Crippen molar-refractivity contribution in [3.8, 4) is 11.8 Å². The van der Waals surface area contributed by atoms with Crippen molar-refractivity contribution in [1.82, 2.24) is 4.90 Å². The summed E-state index contributed by atoms with van der Waals surface area (Å²) in [5.74, 6) is 0.739. The van der Waals surface area contributed by atoms with E-state index in [2.05, 4.69) is 27.3 Å². The number of amides is 1. The van der Waals surface area contributed by atoms with Gasteiger partial charge < -0.3 is 15.0 Å². The zero-order valence-electron chi connectivity index (χ0n) is 15.8. The van der Waals surface area contributed by atoms with Gasteiger partial charge in [-0.25, -0.2) is 0 Å². The number of para-hydroxylation sites is 2. The average molecular weight is 399 g/mol. The third-order valence-electron chi connectivity index (χ3n) is 4.62. The van der Waals surface area contributed by atoms with Crippen molar-refractivity contribution in [1.29, 1.82) is 5.26 Å². The number of anilines is 2. The van der Waals surface area contributed by atoms with Crippen LogP contribution >= 0.6 is 11.6 Å². The summed E-state index contributed by atoms with van der Waals surface area (Å²) in [6.07, 6.45) is 0. The molecule has 0 unspecified atom stereocenters. The lowest BCUT2D eigenvalue weighted by Gasteiger charge is -2.36. The molecule has 0 saturated carbocycles. The Hall–Kier alpha value is -2.75. The van der Waals surface area contributed by atoms with Gasteiger partial charge in [-0.2, -0.15) is 5.26 Å². The first-order valence-electron chi connectivity index (χ1n) is 9.29. The maximum absolute atomic E-state index is 12.4. The molecule has 0 radical (unpaired) electrons. The molecule has 0 atom stereocenters. The quantitative estimate of drug-likeness (QED) is 0.807. The molecule has 146 valence electrons. The Morgan fingerprint density at radius 1 is 1.21 bits per heavy atom. The summed E-state index contributed by atoms with van der Waals surface area (Å²) in [7, 11) is 0. The first kappa shape index (κ1) is 20.0. The van der Waals surface area contributed by atoms with E-state index < -0.39 is 0 Å². The molecule has 1 saturated heterocycles. The summed E-state index contributed by atoms with van der Waals surface area (Å²) in [6.45, 7) is 6.06. The van der Waals surface area contributed by atoms with Gasteiger partial charge in [-0.15, -0.1) is 0 Å². The lowest BCUT2D eigenvalue weighted by atomic mass is 10.2. The van der Waals surface area contributed by atoms with Crippen LogP contribution in [0.1, 0.15) is 12.5 Å². The van der Waals surface area contributed by atoms with Gasteiger partial charge in [0.1, 0.15) is 11.8 Å². The molecular weight excluding hydrogens is 376 g/mol. The summed E-state index contributed by atoms with van der Waals surface area (Å²) < 4.78 is 5.72. The third-order valence-corrected chi connectivity index (χ3v) is 4.86. The van der Waals surface area contributed by atoms with Crippen LogP contribution in [0.3, 0.4) is 0 Å². The van der Waals surface area contributed by atoms with E-state index >= 15 is 0 Å². The monoisotopic (exact) mass is 398 g/mol. The van der Waals surface area contributed by atoms with Crippen molar-refractivity contribution in [3.63, 3.8) is 0 Å². The number of benzene rings is 2. The predicted molar refractivity (Wildman–Crippen MR) is 111 cm³/mol. The Labute approximate surface area is 170 Å². The maximum atomic E-state index is 12.4. The number of nitrogens with zero attached hydrogens (tertiary/aromatic N) is 3. The standard InChI is InChI=1S/C21H23ClN4O2/c1-2-28-20-6-4-3-5-19(20)26-11-9-25(10-12-26)15-21(27)24-18-13-17(22)8-7-16(18)14-23/h3-8,13H,2,9-12,15H2,1H3,(H,24,27). The molecule has 1 aliphatic rings. The molecule has 1 amide bonds. The van der Waals surface area contributed by atoms with E-state index in [0.29, 0.717) is 22.9 Å². The van der Waals surface area contributed by atoms with Crippen molar-refractivity contribution in [3.05, 3.63) is 53.1 Å². The van der Waals surface area contributed by atoms with Gasteiger partial charge in [0.25, 0.3) is 0 Å². The van der Waals surface area contributed by atoms with Crippen LogP contribution in [0, 0.1) is 11.3 Å². The summed E-state index contributed by atoms with van der Waals surface area (Å²) in [6, 6.07) is 14.9. The molecule has 0 aliphatic carbocycles. The van der Waals surface area contributed by atoms with Crippen molar-refractivity contribution >= 4 is 28.9 Å². The van der Waals surface area contributed by atoms with Crippen molar-refractivity contribution < 1.29 is 9.53 Å². The number of piperazine rings is 1. The van der Waals surface area contributed by atoms with E-state index in [-0.39, 0.29) is 12.5 Å². The Kier molecular flexibility index (Phi) is 6.75. The lowest BCUT2D eigenvalue weighted by molar-refractivity contribution is -0.117. The minimum absolute atomic E-state index is 0.151. The molecule has 3 rings (SSSR count). The van der Waals surface area contributed by atoms with E-state index in [4.69, 9.17) is 16.3 Å². The Bertz CT molecular complexity index is 873. The fraction of sp³-hybridized carbons (Fsp3) is 0.333. The maximum Gasteiger partial charge on any atom is 0.238 e. The molecule has 7 heteroatoms. The minimum Gasteiger partial charge on any atom is -0.492 e. The number of rotatable bonds is 6. The first-order chi connectivity index (χ1) is 13.6. The number of hydrogen-bond acceptors (Lipinski definition) is 5. The van der Waals surface area contributed by atoms with Crippen LogP contribution < -0.4 is 15.0 Å². The molecule has 28 heavy (non-hydrogen) atoms. The molecule has 1 fully saturated rings. The molecule has 0 spiro atoms. The van der Waals surface area contributed by atoms with E-state index in [0.717, 1.165) is 37.6 Å². The molecule has 2 aromatic rings. The van der Waals surface area contributed by atoms with E-state index in [1.54, 1.807) is 18.2 Å². The number of nitrogens with one attached hydrogen (secondary N) is 1. The Morgan fingerprint density at radius 2 is 1.96 bits per heavy atom. The SMILES string of the molecule is CCOc1ccccc1N1CCN(CC(=O)Nc2cc(Cl)ccc2C#N)CC1. The van der Waals surface area contributed by atoms with Gasteiger partial charge in [-0.1, -0.05) is 23.7 Å². The molecule has 0 aromatic heterocycles. The highest BCUT2D eigenvalue weighted by molar-refractivity contribution is 6.31. The van der Waals surface area contributed by atoms with Crippen LogP contribution in [0.4, 0.5) is 11.4 Å². The highest BCUT2D eigenvalue weighted by atomic mass is 35.5. The molecular formula is C21H23ClN4O2. The van der Waals surface area contributed by atoms with E-state index in [9.17, 15) is 10.1 Å². The van der Waals surface area contributed by atoms with Gasteiger partial charge in [-0.05, 0) is 37.3 Å². The number of ether oxygens (including phenoxy) is 1. The van der Waals surface area contributed by atoms with Crippen LogP contribution in [0.25, 0.3) is 0 Å². The number of nitriles is 1. The van der Waals surface area contributed by atoms with Gasteiger partial charge in [0.15, 0.2) is 0 Å². The zero-order chi connectivity index (χ0) is 19.9. The largest absolute Gasteiger partial charge is 0.492 e. The second-order valence-electron chi connectivity index (χ2n) is 6.51. The van der Waals surface area contributed by atoms with Crippen LogP contribution in [-0.2, 0) is 4.79 Å². The third kappa shape index (κ3) is 4.94. The van der Waals surface area contributed by atoms with E-state index in [1.807, 2.05) is 25.1 Å². The zero-order valence-corrected chi connectivity index (χ0v) is 16.6. The summed E-state index contributed by atoms with van der Waals surface area (Å²) >= 11 is 5.97. The fourth-order valence-electron chi connectivity index (χ4n) is 3.25. The molecule has 1 N–H and O–H groups in total. The molecule has 1 aliphatic heterocycles. The van der Waals surface area contributed by atoms with Gasteiger partial charge in [0.05, 0.1) is 30.1 Å². The molecule has 0 bridgehead atoms. The van der Waals surface area contributed by atoms with Crippen LogP contribution in [-0.4, -0.2) is 50.1 Å². The smallest absolute Gasteiger partial charge is 0.238 e. The topological polar surface area (TPSA) is 68.6 Å². The van der Waals surface area contributed by atoms with Gasteiger partial charge in [0.2, 0.25) is 5.91 Å². The molecule has 6 nitrogen and oxygen atoms in total. The number of carbonyl (C=O) groups is 1. The number of halogens is 1. The van der Waals surface area contributed by atoms with Crippen LogP contribution in [0.15, 0.2) is 42.5 Å². The molecule has 1 heterocycles. The average Bonchev–Trinajstić information content (AvgIpc) is 2.69. The number of hydrogen-bond donors (Lipinski definition) is 1. The Morgan fingerprint density at radius 3 is 2.68 bits per heavy atom. The summed E-state index contributed by atoms with van der Waals surface area (Å²) in [5, 5.41) is 12.5. The highest BCUT2D eigenvalue weighted by Crippen LogP contribution is 2.28. The van der Waals surface area contributed by atoms with Gasteiger partial charge in [-0.3, -0.25) is 9.69 Å².